The molecule has 0 aliphatic rings. The first kappa shape index (κ1) is 26.1. The van der Waals surface area contributed by atoms with Gasteiger partial charge < -0.3 is 10.2 Å². The Hall–Kier alpha value is -5.50. The molecular weight excluding hydrogens is 496 g/mol. The van der Waals surface area contributed by atoms with Crippen molar-refractivity contribution in [3.8, 4) is 0 Å². The quantitative estimate of drug-likeness (QED) is 0.140. The monoisotopic (exact) mass is 526 g/mol. The number of nitrogens with one attached hydrogen (secondary N) is 2. The Balaban J connectivity index is 1.63. The van der Waals surface area contributed by atoms with E-state index >= 15 is 0 Å². The number of rotatable bonds is 10. The lowest BCUT2D eigenvalue weighted by molar-refractivity contribution is 0.932. The average Bonchev–Trinajstić information content (AvgIpc) is 3.00. The van der Waals surface area contributed by atoms with Crippen molar-refractivity contribution < 1.29 is 0 Å². The maximum absolute atomic E-state index is 4.64. The molecule has 0 unspecified atom stereocenters. The third kappa shape index (κ3) is 6.49. The van der Waals surface area contributed by atoms with Crippen molar-refractivity contribution in [3.63, 3.8) is 0 Å². The van der Waals surface area contributed by atoms with E-state index in [0.29, 0.717) is 5.69 Å². The van der Waals surface area contributed by atoms with Gasteiger partial charge in [0.2, 0.25) is 0 Å². The van der Waals surface area contributed by atoms with E-state index in [1.165, 1.54) is 0 Å². The van der Waals surface area contributed by atoms with Crippen molar-refractivity contribution in [2.75, 3.05) is 34.7 Å². The van der Waals surface area contributed by atoms with Gasteiger partial charge in [0, 0.05) is 19.8 Å². The summed E-state index contributed by atoms with van der Waals surface area (Å²) in [7, 11) is 3.99. The van der Waals surface area contributed by atoms with Crippen LogP contribution in [0.4, 0.5) is 45.5 Å². The summed E-state index contributed by atoms with van der Waals surface area (Å²) in [6.45, 7) is 0. The van der Waals surface area contributed by atoms with Gasteiger partial charge in [-0.15, -0.1) is 5.11 Å². The second kappa shape index (κ2) is 12.8. The van der Waals surface area contributed by atoms with E-state index in [2.05, 4.69) is 31.4 Å². The van der Waals surface area contributed by atoms with Gasteiger partial charge in [0.1, 0.15) is 5.69 Å². The van der Waals surface area contributed by atoms with Gasteiger partial charge in [-0.25, -0.2) is 5.01 Å². The van der Waals surface area contributed by atoms with Crippen molar-refractivity contribution in [1.82, 2.24) is 0 Å². The van der Waals surface area contributed by atoms with Crippen molar-refractivity contribution in [3.05, 3.63) is 133 Å². The highest BCUT2D eigenvalue weighted by Gasteiger charge is 2.22. The minimum Gasteiger partial charge on any atom is -0.374 e. The largest absolute Gasteiger partial charge is 0.374 e. The second-order valence-electron chi connectivity index (χ2n) is 9.06. The highest BCUT2D eigenvalue weighted by atomic mass is 15.6. The van der Waals surface area contributed by atoms with E-state index in [1.54, 1.807) is 5.01 Å². The van der Waals surface area contributed by atoms with Gasteiger partial charge in [0.25, 0.3) is 0 Å². The zero-order chi connectivity index (χ0) is 27.6. The first-order valence-electron chi connectivity index (χ1n) is 12.9. The molecule has 0 heterocycles. The van der Waals surface area contributed by atoms with Gasteiger partial charge in [0.05, 0.1) is 34.1 Å². The fourth-order valence-corrected chi connectivity index (χ4v) is 4.12. The van der Waals surface area contributed by atoms with Crippen molar-refractivity contribution in [2.45, 2.75) is 0 Å². The topological polar surface area (TPSA) is 80.0 Å². The van der Waals surface area contributed by atoms with Crippen molar-refractivity contribution >= 4 is 45.5 Å². The summed E-state index contributed by atoms with van der Waals surface area (Å²) in [4.78, 5) is 2.04. The number of benzene rings is 5. The van der Waals surface area contributed by atoms with Crippen molar-refractivity contribution in [2.24, 2.45) is 20.7 Å². The van der Waals surface area contributed by atoms with Gasteiger partial charge in [0.15, 0.2) is 0 Å². The number of hydrogen-bond donors (Lipinski definition) is 2. The van der Waals surface area contributed by atoms with Gasteiger partial charge >= 0.3 is 0 Å². The molecule has 5 rings (SSSR count). The average molecular weight is 527 g/mol. The molecule has 0 atom stereocenters. The molecule has 0 aromatic heterocycles. The molecule has 2 N–H and O–H groups in total. The van der Waals surface area contributed by atoms with E-state index in [1.807, 2.05) is 152 Å². The molecular formula is C32H30N8. The van der Waals surface area contributed by atoms with Crippen LogP contribution in [0.2, 0.25) is 0 Å². The molecule has 0 bridgehead atoms. The van der Waals surface area contributed by atoms with E-state index in [4.69, 9.17) is 0 Å². The maximum Gasteiger partial charge on any atom is 0.111 e. The molecule has 0 amide bonds. The summed E-state index contributed by atoms with van der Waals surface area (Å²) in [5.41, 5.74) is 9.58. The Bertz CT molecular complexity index is 1550. The zero-order valence-electron chi connectivity index (χ0n) is 22.4. The third-order valence-corrected chi connectivity index (χ3v) is 5.97. The standard InChI is InChI=1S/C32H30N8/c1-39(2)32-30(40(28-21-13-6-14-22-28)38-37-35-27-19-11-5-12-20-27)24-23-29(36-34-26-17-9-4-10-18-26)31(32)33-25-15-7-3-8-16-25/h3-24,33H,1-2H3,(H,35,38). The van der Waals surface area contributed by atoms with Crippen LogP contribution >= 0.6 is 0 Å². The lowest BCUT2D eigenvalue weighted by Gasteiger charge is -2.27. The Kier molecular flexibility index (Phi) is 8.38. The number of azo groups is 1. The first-order valence-corrected chi connectivity index (χ1v) is 12.9. The minimum absolute atomic E-state index is 0.688. The van der Waals surface area contributed by atoms with Gasteiger partial charge in [-0.3, -0.25) is 5.43 Å². The summed E-state index contributed by atoms with van der Waals surface area (Å²) in [6, 6.07) is 43.3. The van der Waals surface area contributed by atoms with Crippen molar-refractivity contribution in [1.29, 1.82) is 0 Å². The lowest BCUT2D eigenvalue weighted by Crippen LogP contribution is -2.18. The Morgan fingerprint density at radius 3 is 1.77 bits per heavy atom. The SMILES string of the molecule is CN(C)c1c(N(N=NNc2ccccc2)c2ccccc2)ccc(N=Nc2ccccc2)c1Nc1ccccc1. The van der Waals surface area contributed by atoms with Crippen LogP contribution in [0.1, 0.15) is 0 Å². The van der Waals surface area contributed by atoms with Crippen LogP contribution in [-0.4, -0.2) is 14.1 Å². The smallest absolute Gasteiger partial charge is 0.111 e. The normalized spacial score (nSPS) is 11.1. The summed E-state index contributed by atoms with van der Waals surface area (Å²) in [5, 5.41) is 23.5. The maximum atomic E-state index is 4.64. The fourth-order valence-electron chi connectivity index (χ4n) is 4.12. The van der Waals surface area contributed by atoms with Crippen LogP contribution in [0.3, 0.4) is 0 Å². The van der Waals surface area contributed by atoms with Crippen LogP contribution in [0, 0.1) is 0 Å². The fraction of sp³-hybridized carbons (Fsp3) is 0.0625. The summed E-state index contributed by atoms with van der Waals surface area (Å²) >= 11 is 0. The van der Waals surface area contributed by atoms with Gasteiger partial charge in [-0.2, -0.15) is 5.11 Å². The Morgan fingerprint density at radius 2 is 1.15 bits per heavy atom. The van der Waals surface area contributed by atoms with Crippen LogP contribution in [-0.2, 0) is 0 Å². The van der Waals surface area contributed by atoms with Crippen LogP contribution in [0.5, 0.6) is 0 Å². The molecule has 0 spiro atoms. The molecule has 198 valence electrons. The first-order chi connectivity index (χ1) is 19.7. The molecule has 40 heavy (non-hydrogen) atoms. The van der Waals surface area contributed by atoms with Gasteiger partial charge in [-0.1, -0.05) is 78.0 Å². The molecule has 0 aliphatic carbocycles. The number of nitrogens with zero attached hydrogens (tertiary/aromatic N) is 6. The Morgan fingerprint density at radius 1 is 0.575 bits per heavy atom. The molecule has 0 fully saturated rings. The molecule has 0 radical (unpaired) electrons. The molecule has 0 saturated carbocycles. The summed E-state index contributed by atoms with van der Waals surface area (Å²) < 4.78 is 0. The number of hydrogen-bond acceptors (Lipinski definition) is 6. The number of para-hydroxylation sites is 3. The summed E-state index contributed by atoms with van der Waals surface area (Å²) in [5.74, 6) is 0. The van der Waals surface area contributed by atoms with E-state index in [0.717, 1.165) is 39.8 Å². The van der Waals surface area contributed by atoms with E-state index < -0.39 is 0 Å². The molecule has 5 aromatic carbocycles. The Labute approximate surface area is 234 Å². The minimum atomic E-state index is 0.688. The van der Waals surface area contributed by atoms with Crippen LogP contribution in [0.15, 0.2) is 154 Å². The van der Waals surface area contributed by atoms with E-state index in [-0.39, 0.29) is 0 Å². The predicted molar refractivity (Wildman–Crippen MR) is 165 cm³/mol. The molecule has 0 saturated heterocycles. The van der Waals surface area contributed by atoms with Crippen LogP contribution in [0.25, 0.3) is 0 Å². The lowest BCUT2D eigenvalue weighted by atomic mass is 10.1. The third-order valence-electron chi connectivity index (χ3n) is 5.97. The van der Waals surface area contributed by atoms with Crippen LogP contribution < -0.4 is 20.7 Å². The molecule has 8 heteroatoms. The molecule has 0 aliphatic heterocycles. The van der Waals surface area contributed by atoms with E-state index in [9.17, 15) is 0 Å². The number of anilines is 6. The van der Waals surface area contributed by atoms with Gasteiger partial charge in [-0.05, 0) is 65.9 Å². The molecule has 5 aromatic rings. The zero-order valence-corrected chi connectivity index (χ0v) is 22.4. The highest BCUT2D eigenvalue weighted by Crippen LogP contribution is 2.46. The summed E-state index contributed by atoms with van der Waals surface area (Å²) in [6.07, 6.45) is 0. The second-order valence-corrected chi connectivity index (χ2v) is 9.06. The molecule has 8 nitrogen and oxygen atoms in total. The predicted octanol–water partition coefficient (Wildman–Crippen LogP) is 9.44. The highest BCUT2D eigenvalue weighted by molar-refractivity contribution is 5.94.